The number of hydrogen-bond donors (Lipinski definition) is 2. The van der Waals surface area contributed by atoms with Gasteiger partial charge in [0.05, 0.1) is 28.7 Å². The van der Waals surface area contributed by atoms with Crippen molar-refractivity contribution in [1.29, 1.82) is 0 Å². The maximum absolute atomic E-state index is 14.1. The van der Waals surface area contributed by atoms with Gasteiger partial charge in [-0.25, -0.2) is 9.97 Å². The van der Waals surface area contributed by atoms with E-state index in [0.717, 1.165) is 25.9 Å². The molecule has 10 nitrogen and oxygen atoms in total. The van der Waals surface area contributed by atoms with Crippen LogP contribution in [-0.4, -0.2) is 87.0 Å². The fraction of sp³-hybridized carbons (Fsp3) is 0.341. The molecule has 6 aromatic rings. The van der Waals surface area contributed by atoms with Gasteiger partial charge in [-0.1, -0.05) is 73.7 Å². The highest BCUT2D eigenvalue weighted by Gasteiger charge is 2.32. The highest BCUT2D eigenvalue weighted by molar-refractivity contribution is 6.15. The number of imidazole rings is 2. The average Bonchev–Trinajstić information content (AvgIpc) is 3.84. The first-order valence-electron chi connectivity index (χ1n) is 19.4. The highest BCUT2D eigenvalue weighted by Crippen LogP contribution is 2.30. The Kier molecular flexibility index (Phi) is 12.2. The Labute approximate surface area is 328 Å². The third-order valence-corrected chi connectivity index (χ3v) is 10.8. The number of nitrogens with zero attached hydrogens (tertiary/aromatic N) is 4. The molecule has 0 radical (unpaired) electrons. The van der Waals surface area contributed by atoms with E-state index in [9.17, 15) is 27.6 Å². The van der Waals surface area contributed by atoms with E-state index in [-0.39, 0.29) is 59.9 Å². The van der Waals surface area contributed by atoms with Crippen molar-refractivity contribution in [3.63, 3.8) is 0 Å². The van der Waals surface area contributed by atoms with Crippen molar-refractivity contribution in [2.24, 2.45) is 5.92 Å². The van der Waals surface area contributed by atoms with E-state index in [1.165, 1.54) is 5.56 Å². The SMILES string of the molecule is CCC(CC(CNC(=O)c1ccccc1)c1ccccc1)N1CCC(C(=O)c2nc3c(C(=O)c4nc5ccccc5n4CCOCC(F)(F)F)cccc3[nH]2)CC1. The van der Waals surface area contributed by atoms with Crippen LogP contribution in [0.15, 0.2) is 103 Å². The van der Waals surface area contributed by atoms with Crippen LogP contribution in [0.5, 0.6) is 0 Å². The predicted molar refractivity (Wildman–Crippen MR) is 211 cm³/mol. The number of para-hydroxylation sites is 3. The molecule has 3 heterocycles. The van der Waals surface area contributed by atoms with E-state index < -0.39 is 18.6 Å². The van der Waals surface area contributed by atoms with Crippen LogP contribution < -0.4 is 5.32 Å². The molecule has 1 aliphatic rings. The number of alkyl halides is 3. The summed E-state index contributed by atoms with van der Waals surface area (Å²) < 4.78 is 44.6. The molecule has 0 bridgehead atoms. The number of ether oxygens (including phenoxy) is 1. The van der Waals surface area contributed by atoms with Crippen LogP contribution in [0.2, 0.25) is 0 Å². The summed E-state index contributed by atoms with van der Waals surface area (Å²) in [6, 6.07) is 31.8. The molecule has 1 aliphatic heterocycles. The van der Waals surface area contributed by atoms with Crippen molar-refractivity contribution in [1.82, 2.24) is 29.7 Å². The quantitative estimate of drug-likeness (QED) is 0.0755. The van der Waals surface area contributed by atoms with Gasteiger partial charge >= 0.3 is 6.18 Å². The molecule has 0 spiro atoms. The van der Waals surface area contributed by atoms with Crippen molar-refractivity contribution in [2.45, 2.75) is 57.3 Å². The van der Waals surface area contributed by atoms with Crippen molar-refractivity contribution in [2.75, 3.05) is 32.8 Å². The van der Waals surface area contributed by atoms with Gasteiger partial charge in [0.1, 0.15) is 12.1 Å². The van der Waals surface area contributed by atoms with Crippen LogP contribution in [-0.2, 0) is 11.3 Å². The Morgan fingerprint density at radius 3 is 2.32 bits per heavy atom. The number of amides is 1. The number of carbonyl (C=O) groups is 3. The number of H-pyrrole nitrogens is 1. The number of benzene rings is 4. The summed E-state index contributed by atoms with van der Waals surface area (Å²) in [5.74, 6) is -0.602. The van der Waals surface area contributed by atoms with Crippen LogP contribution in [0.3, 0.4) is 0 Å². The second-order valence-corrected chi connectivity index (χ2v) is 14.5. The van der Waals surface area contributed by atoms with Crippen LogP contribution in [0.25, 0.3) is 22.1 Å². The van der Waals surface area contributed by atoms with Gasteiger partial charge in [0, 0.05) is 36.5 Å². The Balaban J connectivity index is 1.02. The number of nitrogens with one attached hydrogen (secondary N) is 2. The molecule has 57 heavy (non-hydrogen) atoms. The number of aromatic nitrogens is 4. The lowest BCUT2D eigenvalue weighted by Crippen LogP contribution is -2.44. The van der Waals surface area contributed by atoms with E-state index >= 15 is 0 Å². The first-order valence-corrected chi connectivity index (χ1v) is 19.4. The smallest absolute Gasteiger partial charge is 0.370 e. The first kappa shape index (κ1) is 39.6. The van der Waals surface area contributed by atoms with Gasteiger partial charge in [-0.2, -0.15) is 13.2 Å². The van der Waals surface area contributed by atoms with Crippen molar-refractivity contribution in [3.05, 3.63) is 131 Å². The van der Waals surface area contributed by atoms with Crippen LogP contribution in [0.4, 0.5) is 13.2 Å². The first-order chi connectivity index (χ1) is 27.6. The summed E-state index contributed by atoms with van der Waals surface area (Å²) in [5, 5.41) is 3.15. The molecular formula is C44H45F3N6O4. The van der Waals surface area contributed by atoms with E-state index in [1.54, 1.807) is 47.0 Å². The molecule has 0 saturated carbocycles. The Morgan fingerprint density at radius 2 is 1.60 bits per heavy atom. The summed E-state index contributed by atoms with van der Waals surface area (Å²) in [4.78, 5) is 55.8. The fourth-order valence-corrected chi connectivity index (χ4v) is 7.86. The molecule has 7 rings (SSSR count). The number of rotatable bonds is 16. The standard InChI is InChI=1S/C44H45F3N6O4/c1-2-33(26-32(29-12-5-3-6-13-29)27-48-43(56)31-14-7-4-8-15-31)52-22-20-30(21-23-52)39(54)41-49-36-18-11-16-34(38(36)51-41)40(55)42-50-35-17-9-10-19-37(35)53(42)24-25-57-28-44(45,46)47/h3-19,30,32-33H,2,20-28H2,1H3,(H,48,56)(H,49,51). The molecule has 2 aromatic heterocycles. The summed E-state index contributed by atoms with van der Waals surface area (Å²) >= 11 is 0. The van der Waals surface area contributed by atoms with Gasteiger partial charge in [-0.3, -0.25) is 14.4 Å². The molecule has 1 saturated heterocycles. The van der Waals surface area contributed by atoms with Crippen LogP contribution >= 0.6 is 0 Å². The topological polar surface area (TPSA) is 122 Å². The maximum atomic E-state index is 14.1. The second-order valence-electron chi connectivity index (χ2n) is 14.5. The highest BCUT2D eigenvalue weighted by atomic mass is 19.4. The zero-order valence-corrected chi connectivity index (χ0v) is 31.7. The largest absolute Gasteiger partial charge is 0.411 e. The number of halogens is 3. The third-order valence-electron chi connectivity index (χ3n) is 10.8. The monoisotopic (exact) mass is 778 g/mol. The number of piperidine rings is 1. The summed E-state index contributed by atoms with van der Waals surface area (Å²) in [6.45, 7) is 2.47. The number of Topliss-reactive ketones (excluding diaryl/α,β-unsaturated/α-hetero) is 1. The molecule has 296 valence electrons. The fourth-order valence-electron chi connectivity index (χ4n) is 7.86. The Bertz CT molecular complexity index is 2320. The molecule has 4 aromatic carbocycles. The van der Waals surface area contributed by atoms with Gasteiger partial charge in [-0.05, 0) is 80.7 Å². The normalized spacial score (nSPS) is 15.2. The van der Waals surface area contributed by atoms with Crippen LogP contribution in [0.1, 0.15) is 81.2 Å². The maximum Gasteiger partial charge on any atom is 0.411 e. The van der Waals surface area contributed by atoms with Gasteiger partial charge in [0.2, 0.25) is 11.6 Å². The second kappa shape index (κ2) is 17.6. The molecular weight excluding hydrogens is 734 g/mol. The van der Waals surface area contributed by atoms with Gasteiger partial charge in [0.15, 0.2) is 11.6 Å². The van der Waals surface area contributed by atoms with Gasteiger partial charge in [-0.15, -0.1) is 0 Å². The molecule has 2 N–H and O–H groups in total. The summed E-state index contributed by atoms with van der Waals surface area (Å²) in [5.41, 5.74) is 3.98. The molecule has 1 fully saturated rings. The summed E-state index contributed by atoms with van der Waals surface area (Å²) in [7, 11) is 0. The lowest BCUT2D eigenvalue weighted by molar-refractivity contribution is -0.174. The lowest BCUT2D eigenvalue weighted by Gasteiger charge is -2.38. The minimum atomic E-state index is -4.47. The lowest BCUT2D eigenvalue weighted by atomic mass is 9.87. The zero-order chi connectivity index (χ0) is 39.9. The number of likely N-dealkylation sites (tertiary alicyclic amines) is 1. The van der Waals surface area contributed by atoms with E-state index in [1.807, 2.05) is 48.5 Å². The predicted octanol–water partition coefficient (Wildman–Crippen LogP) is 8.00. The third kappa shape index (κ3) is 9.32. The number of hydrogen-bond acceptors (Lipinski definition) is 7. The van der Waals surface area contributed by atoms with Crippen molar-refractivity contribution < 1.29 is 32.3 Å². The van der Waals surface area contributed by atoms with E-state index in [2.05, 4.69) is 44.2 Å². The van der Waals surface area contributed by atoms with Gasteiger partial charge < -0.3 is 24.5 Å². The van der Waals surface area contributed by atoms with E-state index in [4.69, 9.17) is 4.74 Å². The molecule has 2 unspecified atom stereocenters. The molecule has 0 aliphatic carbocycles. The Morgan fingerprint density at radius 1 is 0.895 bits per heavy atom. The average molecular weight is 779 g/mol. The number of ketones is 2. The number of fused-ring (bicyclic) bond motifs is 2. The van der Waals surface area contributed by atoms with Crippen molar-refractivity contribution in [3.8, 4) is 0 Å². The minimum Gasteiger partial charge on any atom is -0.370 e. The molecule has 2 atom stereocenters. The van der Waals surface area contributed by atoms with Crippen molar-refractivity contribution >= 4 is 39.5 Å². The Hall–Kier alpha value is -5.66. The van der Waals surface area contributed by atoms with Crippen LogP contribution in [0, 0.1) is 5.92 Å². The summed E-state index contributed by atoms with van der Waals surface area (Å²) in [6.07, 6.45) is -1.39. The zero-order valence-electron chi connectivity index (χ0n) is 31.7. The van der Waals surface area contributed by atoms with Gasteiger partial charge in [0.25, 0.3) is 5.91 Å². The number of carbonyl (C=O) groups excluding carboxylic acids is 3. The number of aromatic amines is 1. The molecule has 13 heteroatoms. The van der Waals surface area contributed by atoms with E-state index in [0.29, 0.717) is 47.0 Å². The molecule has 1 amide bonds. The minimum absolute atomic E-state index is 0.0206.